The van der Waals surface area contributed by atoms with E-state index >= 15 is 0 Å². The molecule has 3 aliphatic rings. The molecule has 24 heavy (non-hydrogen) atoms. The molecule has 0 spiro atoms. The number of carbonyl (C=O) groups is 2. The van der Waals surface area contributed by atoms with Crippen LogP contribution in [0.15, 0.2) is 0 Å². The van der Waals surface area contributed by atoms with Crippen molar-refractivity contribution in [2.24, 2.45) is 11.3 Å². The summed E-state index contributed by atoms with van der Waals surface area (Å²) in [7, 11) is 0. The van der Waals surface area contributed by atoms with Gasteiger partial charge >= 0.3 is 12.1 Å². The van der Waals surface area contributed by atoms with Gasteiger partial charge in [0.2, 0.25) is 0 Å². The van der Waals surface area contributed by atoms with E-state index in [0.717, 1.165) is 25.9 Å². The molecule has 0 aromatic rings. The monoisotopic (exact) mass is 344 g/mol. The van der Waals surface area contributed by atoms with Gasteiger partial charge in [0.05, 0.1) is 0 Å². The molecule has 2 N–H and O–H groups in total. The minimum atomic E-state index is -2.57. The van der Waals surface area contributed by atoms with E-state index in [9.17, 15) is 18.4 Å². The van der Waals surface area contributed by atoms with Crippen LogP contribution < -0.4 is 10.6 Å². The van der Waals surface area contributed by atoms with E-state index in [1.807, 2.05) is 4.90 Å². The van der Waals surface area contributed by atoms with Crippen LogP contribution in [0.3, 0.4) is 0 Å². The Balaban J connectivity index is 1.34. The van der Waals surface area contributed by atoms with Gasteiger partial charge in [-0.1, -0.05) is 6.92 Å². The minimum Gasteiger partial charge on any atom is -0.338 e. The van der Waals surface area contributed by atoms with Crippen LogP contribution in [-0.4, -0.2) is 67.1 Å². The Bertz CT molecular complexity index is 508. The fourth-order valence-corrected chi connectivity index (χ4v) is 3.59. The Morgan fingerprint density at radius 2 is 2.00 bits per heavy atom. The van der Waals surface area contributed by atoms with E-state index in [1.54, 1.807) is 11.8 Å². The zero-order valence-corrected chi connectivity index (χ0v) is 14.1. The van der Waals surface area contributed by atoms with Crippen molar-refractivity contribution in [1.82, 2.24) is 20.4 Å². The minimum absolute atomic E-state index is 0.000505. The van der Waals surface area contributed by atoms with E-state index in [4.69, 9.17) is 0 Å². The molecule has 2 heterocycles. The molecule has 1 unspecified atom stereocenters. The SMILES string of the molecule is CC1(CCNC(=O)N2CCC(CN3CCNC3=O)CC2)CC1(F)F. The molecule has 0 aromatic carbocycles. The van der Waals surface area contributed by atoms with Crippen LogP contribution in [0.5, 0.6) is 0 Å². The number of nitrogens with one attached hydrogen (secondary N) is 2. The molecule has 6 nitrogen and oxygen atoms in total. The average Bonchev–Trinajstić information content (AvgIpc) is 2.82. The third-order valence-corrected chi connectivity index (χ3v) is 5.65. The molecule has 8 heteroatoms. The first-order chi connectivity index (χ1) is 11.3. The molecule has 3 fully saturated rings. The summed E-state index contributed by atoms with van der Waals surface area (Å²) >= 11 is 0. The maximum atomic E-state index is 13.1. The van der Waals surface area contributed by atoms with Gasteiger partial charge in [-0.2, -0.15) is 0 Å². The molecular formula is C16H26F2N4O2. The van der Waals surface area contributed by atoms with Crippen molar-refractivity contribution in [3.8, 4) is 0 Å². The highest BCUT2D eigenvalue weighted by Gasteiger charge is 2.67. The van der Waals surface area contributed by atoms with E-state index in [2.05, 4.69) is 10.6 Å². The van der Waals surface area contributed by atoms with E-state index in [1.165, 1.54) is 0 Å². The second-order valence-corrected chi connectivity index (χ2v) is 7.53. The lowest BCUT2D eigenvalue weighted by Gasteiger charge is -2.33. The van der Waals surface area contributed by atoms with Gasteiger partial charge in [0.25, 0.3) is 5.92 Å². The van der Waals surface area contributed by atoms with Gasteiger partial charge in [-0.25, -0.2) is 18.4 Å². The number of hydrogen-bond donors (Lipinski definition) is 2. The zero-order chi connectivity index (χ0) is 17.4. The van der Waals surface area contributed by atoms with Crippen molar-refractivity contribution in [1.29, 1.82) is 0 Å². The molecule has 3 rings (SSSR count). The van der Waals surface area contributed by atoms with Gasteiger partial charge in [0.15, 0.2) is 0 Å². The molecule has 0 bridgehead atoms. The summed E-state index contributed by atoms with van der Waals surface area (Å²) in [4.78, 5) is 27.3. The highest BCUT2D eigenvalue weighted by Crippen LogP contribution is 2.62. The van der Waals surface area contributed by atoms with E-state index < -0.39 is 11.3 Å². The largest absolute Gasteiger partial charge is 0.338 e. The van der Waals surface area contributed by atoms with Crippen molar-refractivity contribution in [3.05, 3.63) is 0 Å². The third kappa shape index (κ3) is 3.57. The van der Waals surface area contributed by atoms with Crippen LogP contribution in [0.4, 0.5) is 18.4 Å². The number of alkyl halides is 2. The van der Waals surface area contributed by atoms with Gasteiger partial charge in [-0.05, 0) is 25.2 Å². The normalized spacial score (nSPS) is 29.5. The molecule has 1 atom stereocenters. The van der Waals surface area contributed by atoms with Crippen molar-refractivity contribution in [3.63, 3.8) is 0 Å². The smallest absolute Gasteiger partial charge is 0.317 e. The quantitative estimate of drug-likeness (QED) is 0.800. The molecular weight excluding hydrogens is 318 g/mol. The maximum Gasteiger partial charge on any atom is 0.317 e. The topological polar surface area (TPSA) is 64.7 Å². The number of hydrogen-bond acceptors (Lipinski definition) is 2. The Morgan fingerprint density at radius 3 is 2.54 bits per heavy atom. The van der Waals surface area contributed by atoms with E-state index in [0.29, 0.717) is 38.5 Å². The molecule has 136 valence electrons. The first kappa shape index (κ1) is 17.2. The van der Waals surface area contributed by atoms with Crippen LogP contribution in [0.2, 0.25) is 0 Å². The lowest BCUT2D eigenvalue weighted by atomic mass is 9.96. The number of halogens is 2. The van der Waals surface area contributed by atoms with Crippen LogP contribution in [0, 0.1) is 11.3 Å². The molecule has 0 radical (unpaired) electrons. The maximum absolute atomic E-state index is 13.1. The van der Waals surface area contributed by atoms with E-state index in [-0.39, 0.29) is 18.5 Å². The van der Waals surface area contributed by atoms with Crippen molar-refractivity contribution < 1.29 is 18.4 Å². The Hall–Kier alpha value is -1.60. The summed E-state index contributed by atoms with van der Waals surface area (Å²) in [6.45, 7) is 5.37. The average molecular weight is 344 g/mol. The van der Waals surface area contributed by atoms with Crippen molar-refractivity contribution in [2.75, 3.05) is 39.3 Å². The predicted octanol–water partition coefficient (Wildman–Crippen LogP) is 1.87. The molecule has 4 amide bonds. The first-order valence-corrected chi connectivity index (χ1v) is 8.74. The van der Waals surface area contributed by atoms with Crippen LogP contribution >= 0.6 is 0 Å². The fourth-order valence-electron chi connectivity index (χ4n) is 3.59. The lowest BCUT2D eigenvalue weighted by Crippen LogP contribution is -2.46. The van der Waals surface area contributed by atoms with Crippen LogP contribution in [0.25, 0.3) is 0 Å². The summed E-state index contributed by atoms with van der Waals surface area (Å²) in [6, 6.07) is -0.166. The standard InChI is InChI=1S/C16H26F2N4O2/c1-15(11-16(15,17)18)4-5-19-13(23)21-7-2-12(3-8-21)10-22-9-6-20-14(22)24/h12H,2-11H2,1H3,(H,19,23)(H,20,24). The number of amides is 4. The number of nitrogens with zero attached hydrogens (tertiary/aromatic N) is 2. The Labute approximate surface area is 140 Å². The molecule has 1 aliphatic carbocycles. The summed E-state index contributed by atoms with van der Waals surface area (Å²) < 4.78 is 26.3. The predicted molar refractivity (Wildman–Crippen MR) is 85.0 cm³/mol. The highest BCUT2D eigenvalue weighted by atomic mass is 19.3. The van der Waals surface area contributed by atoms with Gasteiger partial charge < -0.3 is 20.4 Å². The van der Waals surface area contributed by atoms with Gasteiger partial charge in [0.1, 0.15) is 0 Å². The third-order valence-electron chi connectivity index (χ3n) is 5.65. The molecule has 2 aliphatic heterocycles. The number of likely N-dealkylation sites (tertiary alicyclic amines) is 1. The fraction of sp³-hybridized carbons (Fsp3) is 0.875. The Kier molecular flexibility index (Phi) is 4.57. The van der Waals surface area contributed by atoms with Crippen LogP contribution in [0.1, 0.15) is 32.6 Å². The summed E-state index contributed by atoms with van der Waals surface area (Å²) in [5.74, 6) is -2.15. The van der Waals surface area contributed by atoms with Crippen molar-refractivity contribution >= 4 is 12.1 Å². The van der Waals surface area contributed by atoms with Gasteiger partial charge in [-0.15, -0.1) is 0 Å². The summed E-state index contributed by atoms with van der Waals surface area (Å²) in [5, 5.41) is 5.55. The van der Waals surface area contributed by atoms with Crippen molar-refractivity contribution in [2.45, 2.75) is 38.5 Å². The second-order valence-electron chi connectivity index (χ2n) is 7.53. The summed E-state index contributed by atoms with van der Waals surface area (Å²) in [5.41, 5.74) is -0.941. The molecule has 2 saturated heterocycles. The molecule has 1 saturated carbocycles. The second kappa shape index (κ2) is 6.37. The number of carbonyl (C=O) groups excluding carboxylic acids is 2. The first-order valence-electron chi connectivity index (χ1n) is 8.74. The number of urea groups is 2. The summed E-state index contributed by atoms with van der Waals surface area (Å²) in [6.07, 6.45) is 1.97. The molecule has 0 aromatic heterocycles. The van der Waals surface area contributed by atoms with Gasteiger partial charge in [0, 0.05) is 51.1 Å². The zero-order valence-electron chi connectivity index (χ0n) is 14.1. The Morgan fingerprint density at radius 1 is 1.33 bits per heavy atom. The van der Waals surface area contributed by atoms with Gasteiger partial charge in [-0.3, -0.25) is 0 Å². The highest BCUT2D eigenvalue weighted by molar-refractivity contribution is 5.76. The van der Waals surface area contributed by atoms with Crippen LogP contribution in [-0.2, 0) is 0 Å². The number of piperidine rings is 1. The lowest BCUT2D eigenvalue weighted by molar-refractivity contribution is 0.0668. The number of rotatable bonds is 5.